The summed E-state index contributed by atoms with van der Waals surface area (Å²) in [5.74, 6) is 2.53. The molecule has 1 aromatic heterocycles. The van der Waals surface area contributed by atoms with E-state index in [4.69, 9.17) is 18.9 Å². The molecule has 0 spiro atoms. The minimum absolute atomic E-state index is 0.549. The highest BCUT2D eigenvalue weighted by Gasteiger charge is 2.16. The lowest BCUT2D eigenvalue weighted by molar-refractivity contribution is 0.324. The molecule has 0 aliphatic heterocycles. The highest BCUT2D eigenvalue weighted by molar-refractivity contribution is 5.68. The maximum absolute atomic E-state index is 5.43. The average Bonchev–Trinajstić information content (AvgIpc) is 3.15. The molecule has 0 fully saturated rings. The average molecular weight is 355 g/mol. The Balaban J connectivity index is 1.97. The molecule has 7 nitrogen and oxygen atoms in total. The lowest BCUT2D eigenvalue weighted by Gasteiger charge is -2.14. The van der Waals surface area contributed by atoms with Crippen LogP contribution >= 0.6 is 0 Å². The molecule has 7 heteroatoms. The molecule has 3 aromatic rings. The second kappa shape index (κ2) is 7.77. The lowest BCUT2D eigenvalue weighted by atomic mass is 10.1. The van der Waals surface area contributed by atoms with E-state index in [1.54, 1.807) is 34.6 Å². The molecule has 0 aliphatic rings. The number of aromatic nitrogens is 3. The van der Waals surface area contributed by atoms with Crippen LogP contribution in [0.3, 0.4) is 0 Å². The van der Waals surface area contributed by atoms with Crippen molar-refractivity contribution in [2.45, 2.75) is 6.54 Å². The number of methoxy groups -OCH3 is 4. The quantitative estimate of drug-likeness (QED) is 0.649. The van der Waals surface area contributed by atoms with E-state index in [2.05, 4.69) is 10.3 Å². The van der Waals surface area contributed by atoms with Crippen LogP contribution in [0.2, 0.25) is 0 Å². The monoisotopic (exact) mass is 355 g/mol. The fourth-order valence-corrected chi connectivity index (χ4v) is 2.73. The van der Waals surface area contributed by atoms with E-state index in [1.807, 2.05) is 41.1 Å². The van der Waals surface area contributed by atoms with Crippen LogP contribution in [-0.4, -0.2) is 43.4 Å². The maximum Gasteiger partial charge on any atom is 0.203 e. The van der Waals surface area contributed by atoms with Gasteiger partial charge in [0.1, 0.15) is 5.75 Å². The molecule has 0 amide bonds. The van der Waals surface area contributed by atoms with E-state index in [0.717, 1.165) is 22.6 Å². The van der Waals surface area contributed by atoms with Crippen molar-refractivity contribution >= 4 is 0 Å². The van der Waals surface area contributed by atoms with Gasteiger partial charge in [-0.25, -0.2) is 4.68 Å². The van der Waals surface area contributed by atoms with Gasteiger partial charge in [-0.15, -0.1) is 5.10 Å². The number of hydrogen-bond acceptors (Lipinski definition) is 6. The Bertz CT molecular complexity index is 850. The predicted molar refractivity (Wildman–Crippen MR) is 97.2 cm³/mol. The van der Waals surface area contributed by atoms with E-state index >= 15 is 0 Å². The van der Waals surface area contributed by atoms with Gasteiger partial charge >= 0.3 is 0 Å². The predicted octanol–water partition coefficient (Wildman–Crippen LogP) is 3.03. The summed E-state index contributed by atoms with van der Waals surface area (Å²) in [7, 11) is 6.41. The van der Waals surface area contributed by atoms with Crippen LogP contribution in [-0.2, 0) is 6.54 Å². The summed E-state index contributed by atoms with van der Waals surface area (Å²) in [5, 5.41) is 8.26. The zero-order chi connectivity index (χ0) is 18.5. The molecule has 0 radical (unpaired) electrons. The molecule has 26 heavy (non-hydrogen) atoms. The van der Waals surface area contributed by atoms with E-state index in [9.17, 15) is 0 Å². The zero-order valence-electron chi connectivity index (χ0n) is 15.2. The summed E-state index contributed by atoms with van der Waals surface area (Å²) in [6.07, 6.45) is 1.71. The fourth-order valence-electron chi connectivity index (χ4n) is 2.73. The van der Waals surface area contributed by atoms with Gasteiger partial charge in [0.05, 0.1) is 46.9 Å². The SMILES string of the molecule is COc1ccc(Cn2nncc2-c2cc(OC)c(OC)c(OC)c2)cc1. The van der Waals surface area contributed by atoms with Crippen molar-refractivity contribution in [3.05, 3.63) is 48.2 Å². The van der Waals surface area contributed by atoms with Crippen LogP contribution in [0, 0.1) is 0 Å². The molecule has 0 unspecified atom stereocenters. The van der Waals surface area contributed by atoms with Crippen LogP contribution < -0.4 is 18.9 Å². The third-order valence-corrected chi connectivity index (χ3v) is 4.07. The minimum atomic E-state index is 0.549. The molecule has 0 saturated heterocycles. The zero-order valence-corrected chi connectivity index (χ0v) is 15.2. The van der Waals surface area contributed by atoms with Crippen molar-refractivity contribution in [3.63, 3.8) is 0 Å². The second-order valence-electron chi connectivity index (χ2n) is 5.54. The smallest absolute Gasteiger partial charge is 0.203 e. The van der Waals surface area contributed by atoms with Crippen molar-refractivity contribution in [3.8, 4) is 34.3 Å². The van der Waals surface area contributed by atoms with Crippen LogP contribution in [0.5, 0.6) is 23.0 Å². The van der Waals surface area contributed by atoms with Crippen molar-refractivity contribution in [1.29, 1.82) is 0 Å². The summed E-state index contributed by atoms with van der Waals surface area (Å²) in [6.45, 7) is 0.579. The van der Waals surface area contributed by atoms with Crippen molar-refractivity contribution in [2.75, 3.05) is 28.4 Å². The molecule has 0 atom stereocenters. The Kier molecular flexibility index (Phi) is 5.26. The van der Waals surface area contributed by atoms with E-state index in [1.165, 1.54) is 0 Å². The molecule has 0 bridgehead atoms. The minimum Gasteiger partial charge on any atom is -0.497 e. The van der Waals surface area contributed by atoms with Gasteiger partial charge in [-0.3, -0.25) is 0 Å². The Labute approximate surface area is 152 Å². The topological polar surface area (TPSA) is 67.6 Å². The summed E-state index contributed by atoms with van der Waals surface area (Å²) in [6, 6.07) is 11.6. The Morgan fingerprint density at radius 1 is 0.846 bits per heavy atom. The van der Waals surface area contributed by atoms with Crippen molar-refractivity contribution in [2.24, 2.45) is 0 Å². The van der Waals surface area contributed by atoms with Crippen molar-refractivity contribution < 1.29 is 18.9 Å². The van der Waals surface area contributed by atoms with Gasteiger partial charge in [0.15, 0.2) is 11.5 Å². The largest absolute Gasteiger partial charge is 0.497 e. The van der Waals surface area contributed by atoms with Gasteiger partial charge in [0, 0.05) is 5.56 Å². The van der Waals surface area contributed by atoms with Crippen LogP contribution in [0.15, 0.2) is 42.6 Å². The molecular weight excluding hydrogens is 334 g/mol. The standard InChI is InChI=1S/C19H21N3O4/c1-23-15-7-5-13(6-8-15)12-22-16(11-20-21-22)14-9-17(24-2)19(26-4)18(10-14)25-3/h5-11H,12H2,1-4H3. The number of hydrogen-bond donors (Lipinski definition) is 0. The van der Waals surface area contributed by atoms with Gasteiger partial charge in [-0.05, 0) is 29.8 Å². The highest BCUT2D eigenvalue weighted by atomic mass is 16.5. The molecule has 3 rings (SSSR count). The molecule has 1 heterocycles. The van der Waals surface area contributed by atoms with Gasteiger partial charge in [0.2, 0.25) is 5.75 Å². The lowest BCUT2D eigenvalue weighted by Crippen LogP contribution is -2.04. The van der Waals surface area contributed by atoms with Crippen LogP contribution in [0.1, 0.15) is 5.56 Å². The van der Waals surface area contributed by atoms with Gasteiger partial charge in [-0.1, -0.05) is 17.3 Å². The Morgan fingerprint density at radius 2 is 1.50 bits per heavy atom. The van der Waals surface area contributed by atoms with E-state index < -0.39 is 0 Å². The molecule has 0 aliphatic carbocycles. The van der Waals surface area contributed by atoms with Crippen molar-refractivity contribution in [1.82, 2.24) is 15.0 Å². The first-order chi connectivity index (χ1) is 12.7. The summed E-state index contributed by atoms with van der Waals surface area (Å²) in [5.41, 5.74) is 2.81. The number of nitrogens with zero attached hydrogens (tertiary/aromatic N) is 3. The maximum atomic E-state index is 5.43. The van der Waals surface area contributed by atoms with Gasteiger partial charge in [0.25, 0.3) is 0 Å². The molecular formula is C19H21N3O4. The van der Waals surface area contributed by atoms with Gasteiger partial charge in [-0.2, -0.15) is 0 Å². The first-order valence-corrected chi connectivity index (χ1v) is 8.02. The molecule has 0 saturated carbocycles. The number of benzene rings is 2. The van der Waals surface area contributed by atoms with E-state index in [-0.39, 0.29) is 0 Å². The second-order valence-corrected chi connectivity index (χ2v) is 5.54. The molecule has 0 N–H and O–H groups in total. The van der Waals surface area contributed by atoms with E-state index in [0.29, 0.717) is 23.8 Å². The van der Waals surface area contributed by atoms with Gasteiger partial charge < -0.3 is 18.9 Å². The summed E-state index contributed by atoms with van der Waals surface area (Å²) < 4.78 is 23.3. The first-order valence-electron chi connectivity index (χ1n) is 8.02. The number of ether oxygens (including phenoxy) is 4. The normalized spacial score (nSPS) is 10.5. The Morgan fingerprint density at radius 3 is 2.04 bits per heavy atom. The van der Waals surface area contributed by atoms with Crippen LogP contribution in [0.25, 0.3) is 11.3 Å². The molecule has 136 valence electrons. The molecule has 2 aromatic carbocycles. The fraction of sp³-hybridized carbons (Fsp3) is 0.263. The summed E-state index contributed by atoms with van der Waals surface area (Å²) >= 11 is 0. The Hall–Kier alpha value is -3.22. The summed E-state index contributed by atoms with van der Waals surface area (Å²) in [4.78, 5) is 0. The first kappa shape index (κ1) is 17.6. The van der Waals surface area contributed by atoms with Crippen LogP contribution in [0.4, 0.5) is 0 Å². The highest BCUT2D eigenvalue weighted by Crippen LogP contribution is 2.41. The number of rotatable bonds is 7. The third kappa shape index (κ3) is 3.42. The third-order valence-electron chi connectivity index (χ3n) is 4.07.